The molecule has 2 aromatic carbocycles. The number of hydrogen-bond donors (Lipinski definition) is 10. The molecule has 0 bridgehead atoms. The van der Waals surface area contributed by atoms with Crippen LogP contribution in [0.4, 0.5) is 0 Å². The van der Waals surface area contributed by atoms with Crippen LogP contribution in [-0.2, 0) is 14.2 Å². The van der Waals surface area contributed by atoms with Crippen molar-refractivity contribution >= 4 is 11.0 Å². The number of phenols is 4. The SMILES string of the molecule is O=c1c(OC2OC(COC3OC(CO)C(O)C(O)C3O)C(O)C2O)c(-c2ccc(O)c(O)c2)oc2cc(O)cc(O)c12. The van der Waals surface area contributed by atoms with Gasteiger partial charge in [-0.1, -0.05) is 0 Å². The summed E-state index contributed by atoms with van der Waals surface area (Å²) in [6.07, 6.45) is -14.5. The van der Waals surface area contributed by atoms with Crippen molar-refractivity contribution < 1.29 is 74.4 Å². The van der Waals surface area contributed by atoms with Gasteiger partial charge < -0.3 is 74.4 Å². The van der Waals surface area contributed by atoms with Crippen molar-refractivity contribution in [2.24, 2.45) is 0 Å². The lowest BCUT2D eigenvalue weighted by atomic mass is 9.99. The molecule has 16 heteroatoms. The maximum absolute atomic E-state index is 13.5. The Bertz CT molecular complexity index is 1500. The molecule has 2 saturated heterocycles. The zero-order chi connectivity index (χ0) is 30.5. The monoisotopic (exact) mass is 596 g/mol. The van der Waals surface area contributed by atoms with E-state index in [1.165, 1.54) is 6.07 Å². The van der Waals surface area contributed by atoms with Gasteiger partial charge in [0.05, 0.1) is 13.2 Å². The van der Waals surface area contributed by atoms with E-state index in [1.807, 2.05) is 0 Å². The number of rotatable bonds is 7. The summed E-state index contributed by atoms with van der Waals surface area (Å²) in [7, 11) is 0. The van der Waals surface area contributed by atoms with Crippen LogP contribution in [-0.4, -0.2) is 120 Å². The Morgan fingerprint density at radius 3 is 2.10 bits per heavy atom. The van der Waals surface area contributed by atoms with Crippen molar-refractivity contribution in [2.75, 3.05) is 13.2 Å². The van der Waals surface area contributed by atoms with Gasteiger partial charge in [-0.25, -0.2) is 0 Å². The smallest absolute Gasteiger partial charge is 0.239 e. The van der Waals surface area contributed by atoms with E-state index >= 15 is 0 Å². The standard InChI is InChI=1S/C26H28O16/c27-6-14-17(32)20(35)22(37)25(40-14)38-7-15-18(33)21(36)26(41-15)42-24-19(34)16-12(31)4-9(28)5-13(16)39-23(24)8-1-2-10(29)11(30)3-8/h1-5,14-15,17-18,20-22,25-33,35-37H,6-7H2. The van der Waals surface area contributed by atoms with Crippen LogP contribution in [0.3, 0.4) is 0 Å². The molecule has 3 heterocycles. The fourth-order valence-electron chi connectivity index (χ4n) is 4.69. The van der Waals surface area contributed by atoms with Gasteiger partial charge in [0, 0.05) is 17.7 Å². The minimum Gasteiger partial charge on any atom is -0.508 e. The minimum absolute atomic E-state index is 0.00216. The maximum Gasteiger partial charge on any atom is 0.239 e. The molecule has 1 aromatic heterocycles. The highest BCUT2D eigenvalue weighted by molar-refractivity contribution is 5.88. The molecule has 3 aromatic rings. The van der Waals surface area contributed by atoms with Gasteiger partial charge in [-0.15, -0.1) is 0 Å². The minimum atomic E-state index is -1.79. The first-order valence-electron chi connectivity index (χ1n) is 12.6. The first kappa shape index (κ1) is 29.8. The summed E-state index contributed by atoms with van der Waals surface area (Å²) in [4.78, 5) is 13.5. The summed E-state index contributed by atoms with van der Waals surface area (Å²) in [5.74, 6) is -3.17. The van der Waals surface area contributed by atoms with E-state index in [0.29, 0.717) is 0 Å². The Morgan fingerprint density at radius 2 is 1.40 bits per heavy atom. The fourth-order valence-corrected chi connectivity index (χ4v) is 4.69. The molecular formula is C26H28O16. The zero-order valence-electron chi connectivity index (χ0n) is 21.4. The number of fused-ring (bicyclic) bond motifs is 1. The predicted octanol–water partition coefficient (Wildman–Crippen LogP) is -2.08. The number of aliphatic hydroxyl groups excluding tert-OH is 6. The second-order valence-electron chi connectivity index (χ2n) is 9.80. The average Bonchev–Trinajstić information content (AvgIpc) is 3.21. The zero-order valence-corrected chi connectivity index (χ0v) is 21.4. The maximum atomic E-state index is 13.5. The van der Waals surface area contributed by atoms with Crippen LogP contribution in [0.1, 0.15) is 0 Å². The molecule has 10 N–H and O–H groups in total. The summed E-state index contributed by atoms with van der Waals surface area (Å²) in [6.45, 7) is -1.27. The molecule has 228 valence electrons. The first-order valence-corrected chi connectivity index (χ1v) is 12.6. The first-order chi connectivity index (χ1) is 19.9. The number of ether oxygens (including phenoxy) is 4. The van der Waals surface area contributed by atoms with Gasteiger partial charge in [-0.2, -0.15) is 0 Å². The Morgan fingerprint density at radius 1 is 0.738 bits per heavy atom. The Labute approximate surface area is 235 Å². The number of aromatic hydroxyl groups is 4. The number of aliphatic hydroxyl groups is 6. The summed E-state index contributed by atoms with van der Waals surface area (Å²) < 4.78 is 27.5. The van der Waals surface area contributed by atoms with Crippen LogP contribution in [0.25, 0.3) is 22.3 Å². The molecule has 5 rings (SSSR count). The second kappa shape index (κ2) is 11.5. The lowest BCUT2D eigenvalue weighted by Gasteiger charge is -2.39. The van der Waals surface area contributed by atoms with E-state index in [4.69, 9.17) is 23.4 Å². The van der Waals surface area contributed by atoms with E-state index in [1.54, 1.807) is 0 Å². The predicted molar refractivity (Wildman–Crippen MR) is 136 cm³/mol. The number of hydrogen-bond acceptors (Lipinski definition) is 16. The van der Waals surface area contributed by atoms with E-state index < -0.39 is 108 Å². The molecule has 0 amide bonds. The van der Waals surface area contributed by atoms with Gasteiger partial charge in [0.1, 0.15) is 65.2 Å². The van der Waals surface area contributed by atoms with Gasteiger partial charge in [0.2, 0.25) is 17.5 Å². The Balaban J connectivity index is 1.43. The Hall–Kier alpha value is -3.71. The molecular weight excluding hydrogens is 568 g/mol. The van der Waals surface area contributed by atoms with Crippen molar-refractivity contribution in [1.29, 1.82) is 0 Å². The molecule has 2 aliphatic heterocycles. The molecule has 2 aliphatic rings. The van der Waals surface area contributed by atoms with Crippen LogP contribution in [0, 0.1) is 0 Å². The third kappa shape index (κ3) is 5.31. The normalized spacial score (nSPS) is 31.4. The van der Waals surface area contributed by atoms with Gasteiger partial charge in [0.25, 0.3) is 0 Å². The molecule has 9 unspecified atom stereocenters. The van der Waals surface area contributed by atoms with Gasteiger partial charge in [-0.3, -0.25) is 4.79 Å². The van der Waals surface area contributed by atoms with E-state index in [9.17, 15) is 55.9 Å². The molecule has 16 nitrogen and oxygen atoms in total. The second-order valence-corrected chi connectivity index (χ2v) is 9.80. The number of benzene rings is 2. The summed E-state index contributed by atoms with van der Waals surface area (Å²) in [5.41, 5.74) is -1.26. The highest BCUT2D eigenvalue weighted by Gasteiger charge is 2.48. The molecule has 2 fully saturated rings. The quantitative estimate of drug-likeness (QED) is 0.131. The number of phenolic OH excluding ortho intramolecular Hbond substituents is 4. The van der Waals surface area contributed by atoms with Gasteiger partial charge in [-0.05, 0) is 18.2 Å². The van der Waals surface area contributed by atoms with Crippen molar-refractivity contribution in [3.63, 3.8) is 0 Å². The summed E-state index contributed by atoms with van der Waals surface area (Å²) in [5, 5.41) is 100. The van der Waals surface area contributed by atoms with Crippen LogP contribution < -0.4 is 10.2 Å². The van der Waals surface area contributed by atoms with Crippen LogP contribution in [0.5, 0.6) is 28.7 Å². The van der Waals surface area contributed by atoms with E-state index in [2.05, 4.69) is 0 Å². The molecule has 0 saturated carbocycles. The topological polar surface area (TPSA) is 269 Å². The molecule has 0 spiro atoms. The highest BCUT2D eigenvalue weighted by atomic mass is 16.7. The largest absolute Gasteiger partial charge is 0.508 e. The van der Waals surface area contributed by atoms with Gasteiger partial charge >= 0.3 is 0 Å². The molecule has 9 atom stereocenters. The van der Waals surface area contributed by atoms with Crippen LogP contribution in [0.2, 0.25) is 0 Å². The third-order valence-corrected chi connectivity index (χ3v) is 6.98. The molecule has 0 aliphatic carbocycles. The molecule has 42 heavy (non-hydrogen) atoms. The third-order valence-electron chi connectivity index (χ3n) is 6.98. The van der Waals surface area contributed by atoms with Gasteiger partial charge in [0.15, 0.2) is 23.5 Å². The lowest BCUT2D eigenvalue weighted by molar-refractivity contribution is -0.306. The van der Waals surface area contributed by atoms with E-state index in [0.717, 1.165) is 24.3 Å². The van der Waals surface area contributed by atoms with E-state index in [-0.39, 0.29) is 16.9 Å². The van der Waals surface area contributed by atoms with Crippen molar-refractivity contribution in [2.45, 2.75) is 55.3 Å². The van der Waals surface area contributed by atoms with Crippen molar-refractivity contribution in [3.05, 3.63) is 40.6 Å². The summed E-state index contributed by atoms with van der Waals surface area (Å²) >= 11 is 0. The highest BCUT2D eigenvalue weighted by Crippen LogP contribution is 2.39. The average molecular weight is 596 g/mol. The lowest BCUT2D eigenvalue weighted by Crippen LogP contribution is -2.59. The Kier molecular flexibility index (Phi) is 8.17. The van der Waals surface area contributed by atoms with Crippen molar-refractivity contribution in [1.82, 2.24) is 0 Å². The van der Waals surface area contributed by atoms with Crippen LogP contribution in [0.15, 0.2) is 39.5 Å². The summed E-state index contributed by atoms with van der Waals surface area (Å²) in [6, 6.07) is 5.31. The van der Waals surface area contributed by atoms with Crippen LogP contribution >= 0.6 is 0 Å². The fraction of sp³-hybridized carbons (Fsp3) is 0.423. The molecule has 0 radical (unpaired) electrons. The van der Waals surface area contributed by atoms with Crippen molar-refractivity contribution in [3.8, 4) is 40.1 Å².